The number of carbonyl (C=O) groups excluding carboxylic acids is 1. The lowest BCUT2D eigenvalue weighted by Crippen LogP contribution is -2.43. The van der Waals surface area contributed by atoms with E-state index in [1.54, 1.807) is 5.32 Å². The first-order chi connectivity index (χ1) is 7.47. The van der Waals surface area contributed by atoms with Crippen LogP contribution in [0.15, 0.2) is 0 Å². The van der Waals surface area contributed by atoms with E-state index in [1.165, 1.54) is 0 Å². The number of carbonyl (C=O) groups is 1. The Kier molecular flexibility index (Phi) is 4.85. The second kappa shape index (κ2) is 5.93. The first kappa shape index (κ1) is 13.1. The quantitative estimate of drug-likeness (QED) is 0.684. The summed E-state index contributed by atoms with van der Waals surface area (Å²) in [6, 6.07) is -0.754. The van der Waals surface area contributed by atoms with E-state index in [0.29, 0.717) is 12.5 Å². The minimum absolute atomic E-state index is 0.359. The Morgan fingerprint density at radius 3 is 2.44 bits per heavy atom. The van der Waals surface area contributed by atoms with Crippen molar-refractivity contribution in [2.75, 3.05) is 26.2 Å². The molecule has 7 heteroatoms. The van der Waals surface area contributed by atoms with Gasteiger partial charge in [-0.2, -0.15) is 13.2 Å². The lowest BCUT2D eigenvalue weighted by molar-refractivity contribution is -0.122. The molecule has 4 nitrogen and oxygen atoms in total. The number of halogens is 3. The molecule has 0 radical (unpaired) electrons. The molecule has 0 bridgehead atoms. The summed E-state index contributed by atoms with van der Waals surface area (Å²) in [7, 11) is 0. The van der Waals surface area contributed by atoms with E-state index in [9.17, 15) is 18.0 Å². The number of hydrogen-bond acceptors (Lipinski definition) is 2. The SMILES string of the molecule is O=C(NCC1CCNCC1)NCC(F)(F)F. The van der Waals surface area contributed by atoms with Crippen LogP contribution in [0.4, 0.5) is 18.0 Å². The summed E-state index contributed by atoms with van der Waals surface area (Å²) in [5.41, 5.74) is 0. The minimum Gasteiger partial charge on any atom is -0.338 e. The second-order valence-electron chi connectivity index (χ2n) is 3.87. The van der Waals surface area contributed by atoms with Crippen LogP contribution in [0.3, 0.4) is 0 Å². The lowest BCUT2D eigenvalue weighted by atomic mass is 9.98. The zero-order chi connectivity index (χ0) is 12.0. The smallest absolute Gasteiger partial charge is 0.338 e. The van der Waals surface area contributed by atoms with Gasteiger partial charge in [0.2, 0.25) is 0 Å². The maximum absolute atomic E-state index is 11.8. The third-order valence-electron chi connectivity index (χ3n) is 2.46. The third kappa shape index (κ3) is 5.79. The predicted molar refractivity (Wildman–Crippen MR) is 53.1 cm³/mol. The van der Waals surface area contributed by atoms with Crippen molar-refractivity contribution in [2.24, 2.45) is 5.92 Å². The van der Waals surface area contributed by atoms with Crippen molar-refractivity contribution in [3.63, 3.8) is 0 Å². The number of amides is 2. The molecule has 3 N–H and O–H groups in total. The maximum Gasteiger partial charge on any atom is 0.405 e. The third-order valence-corrected chi connectivity index (χ3v) is 2.46. The standard InChI is InChI=1S/C9H16F3N3O/c10-9(11,12)6-15-8(16)14-5-7-1-3-13-4-2-7/h7,13H,1-6H2,(H2,14,15,16). The molecule has 0 unspecified atom stereocenters. The Hall–Kier alpha value is -0.980. The number of piperidine rings is 1. The summed E-state index contributed by atoms with van der Waals surface area (Å²) < 4.78 is 35.3. The van der Waals surface area contributed by atoms with Crippen molar-refractivity contribution >= 4 is 6.03 Å². The summed E-state index contributed by atoms with van der Waals surface area (Å²) in [6.07, 6.45) is -2.47. The first-order valence-electron chi connectivity index (χ1n) is 5.26. The van der Waals surface area contributed by atoms with E-state index in [-0.39, 0.29) is 0 Å². The van der Waals surface area contributed by atoms with Gasteiger partial charge in [-0.05, 0) is 31.8 Å². The molecule has 94 valence electrons. The molecule has 1 fully saturated rings. The van der Waals surface area contributed by atoms with E-state index in [2.05, 4.69) is 10.6 Å². The van der Waals surface area contributed by atoms with Gasteiger partial charge < -0.3 is 16.0 Å². The van der Waals surface area contributed by atoms with E-state index in [1.807, 2.05) is 0 Å². The molecule has 0 aliphatic carbocycles. The molecule has 0 saturated carbocycles. The van der Waals surface area contributed by atoms with Crippen molar-refractivity contribution < 1.29 is 18.0 Å². The molecule has 16 heavy (non-hydrogen) atoms. The van der Waals surface area contributed by atoms with Crippen LogP contribution in [0.25, 0.3) is 0 Å². The molecule has 0 aromatic rings. The molecule has 1 aliphatic rings. The fourth-order valence-corrected chi connectivity index (χ4v) is 1.57. The van der Waals surface area contributed by atoms with E-state index >= 15 is 0 Å². The summed E-state index contributed by atoms with van der Waals surface area (Å²) in [4.78, 5) is 11.0. The Bertz CT molecular complexity index is 227. The Morgan fingerprint density at radius 2 is 1.88 bits per heavy atom. The maximum atomic E-state index is 11.8. The zero-order valence-corrected chi connectivity index (χ0v) is 8.86. The van der Waals surface area contributed by atoms with Gasteiger partial charge in [0.1, 0.15) is 6.54 Å². The fourth-order valence-electron chi connectivity index (χ4n) is 1.57. The molecule has 0 aromatic heterocycles. The Balaban J connectivity index is 2.09. The van der Waals surface area contributed by atoms with Gasteiger partial charge in [-0.1, -0.05) is 0 Å². The van der Waals surface area contributed by atoms with Crippen molar-refractivity contribution in [3.8, 4) is 0 Å². The van der Waals surface area contributed by atoms with Crippen LogP contribution in [0.2, 0.25) is 0 Å². The summed E-state index contributed by atoms with van der Waals surface area (Å²) in [5.74, 6) is 0.359. The number of rotatable bonds is 3. The summed E-state index contributed by atoms with van der Waals surface area (Å²) in [5, 5.41) is 7.39. The molecule has 0 spiro atoms. The Morgan fingerprint density at radius 1 is 1.25 bits per heavy atom. The highest BCUT2D eigenvalue weighted by molar-refractivity contribution is 5.73. The molecule has 1 aliphatic heterocycles. The van der Waals surface area contributed by atoms with E-state index in [4.69, 9.17) is 0 Å². The number of nitrogens with one attached hydrogen (secondary N) is 3. The molecule has 2 amide bonds. The number of urea groups is 1. The van der Waals surface area contributed by atoms with Gasteiger partial charge in [-0.3, -0.25) is 0 Å². The van der Waals surface area contributed by atoms with Gasteiger partial charge in [0.05, 0.1) is 0 Å². The minimum atomic E-state index is -4.36. The number of alkyl halides is 3. The molecule has 1 heterocycles. The second-order valence-corrected chi connectivity index (χ2v) is 3.87. The van der Waals surface area contributed by atoms with Crippen LogP contribution in [-0.2, 0) is 0 Å². The van der Waals surface area contributed by atoms with Gasteiger partial charge >= 0.3 is 12.2 Å². The predicted octanol–water partition coefficient (Wildman–Crippen LogP) is 0.847. The van der Waals surface area contributed by atoms with E-state index in [0.717, 1.165) is 25.9 Å². The summed E-state index contributed by atoms with van der Waals surface area (Å²) in [6.45, 7) is 0.948. The molecule has 0 atom stereocenters. The van der Waals surface area contributed by atoms with Gasteiger partial charge in [0, 0.05) is 6.54 Å². The number of hydrogen-bond donors (Lipinski definition) is 3. The molecule has 1 rings (SSSR count). The van der Waals surface area contributed by atoms with Gasteiger partial charge in [-0.25, -0.2) is 4.79 Å². The van der Waals surface area contributed by atoms with Crippen LogP contribution in [-0.4, -0.2) is 38.4 Å². The molecule has 0 aromatic carbocycles. The molecular formula is C9H16F3N3O. The molecular weight excluding hydrogens is 223 g/mol. The van der Waals surface area contributed by atoms with Crippen molar-refractivity contribution in [3.05, 3.63) is 0 Å². The van der Waals surface area contributed by atoms with Gasteiger partial charge in [0.25, 0.3) is 0 Å². The van der Waals surface area contributed by atoms with Gasteiger partial charge in [0.15, 0.2) is 0 Å². The lowest BCUT2D eigenvalue weighted by Gasteiger charge is -2.22. The van der Waals surface area contributed by atoms with Crippen LogP contribution in [0, 0.1) is 5.92 Å². The highest BCUT2D eigenvalue weighted by Gasteiger charge is 2.27. The zero-order valence-electron chi connectivity index (χ0n) is 8.86. The van der Waals surface area contributed by atoms with Gasteiger partial charge in [-0.15, -0.1) is 0 Å². The normalized spacial score (nSPS) is 18.2. The van der Waals surface area contributed by atoms with Crippen LogP contribution >= 0.6 is 0 Å². The van der Waals surface area contributed by atoms with Crippen molar-refractivity contribution in [1.82, 2.24) is 16.0 Å². The van der Waals surface area contributed by atoms with E-state index < -0.39 is 18.8 Å². The van der Waals surface area contributed by atoms with Crippen LogP contribution < -0.4 is 16.0 Å². The van der Waals surface area contributed by atoms with Crippen molar-refractivity contribution in [2.45, 2.75) is 19.0 Å². The van der Waals surface area contributed by atoms with Crippen LogP contribution in [0.5, 0.6) is 0 Å². The average molecular weight is 239 g/mol. The molecule has 1 saturated heterocycles. The highest BCUT2D eigenvalue weighted by Crippen LogP contribution is 2.12. The van der Waals surface area contributed by atoms with Crippen LogP contribution in [0.1, 0.15) is 12.8 Å². The summed E-state index contributed by atoms with van der Waals surface area (Å²) >= 11 is 0. The first-order valence-corrected chi connectivity index (χ1v) is 5.26. The largest absolute Gasteiger partial charge is 0.405 e. The fraction of sp³-hybridized carbons (Fsp3) is 0.889. The average Bonchev–Trinajstić information content (AvgIpc) is 2.24. The Labute approximate surface area is 92.0 Å². The van der Waals surface area contributed by atoms with Crippen molar-refractivity contribution in [1.29, 1.82) is 0 Å². The topological polar surface area (TPSA) is 53.2 Å². The highest BCUT2D eigenvalue weighted by atomic mass is 19.4. The monoisotopic (exact) mass is 239 g/mol.